The first-order valence-corrected chi connectivity index (χ1v) is 13.6. The Morgan fingerprint density at radius 3 is 2.58 bits per heavy atom. The van der Waals surface area contributed by atoms with Gasteiger partial charge in [0.25, 0.3) is 6.01 Å². The van der Waals surface area contributed by atoms with E-state index in [-0.39, 0.29) is 52.1 Å². The highest BCUT2D eigenvalue weighted by Crippen LogP contribution is 2.45. The van der Waals surface area contributed by atoms with E-state index < -0.39 is 17.7 Å². The number of piperidine rings is 1. The van der Waals surface area contributed by atoms with Gasteiger partial charge < -0.3 is 23.5 Å². The van der Waals surface area contributed by atoms with Crippen LogP contribution in [0.1, 0.15) is 34.1 Å². The van der Waals surface area contributed by atoms with Crippen molar-refractivity contribution >= 4 is 56.4 Å². The molecule has 204 valence electrons. The Hall–Kier alpha value is -3.00. The Morgan fingerprint density at radius 1 is 1.26 bits per heavy atom. The molecule has 3 aliphatic rings. The zero-order chi connectivity index (χ0) is 27.4. The Morgan fingerprint density at radius 2 is 1.97 bits per heavy atom. The summed E-state index contributed by atoms with van der Waals surface area (Å²) in [5.74, 6) is -2.18. The van der Waals surface area contributed by atoms with Crippen molar-refractivity contribution in [1.82, 2.24) is 14.9 Å². The maximum absolute atomic E-state index is 14.6. The molecule has 3 aliphatic heterocycles. The fourth-order valence-corrected chi connectivity index (χ4v) is 5.68. The second-order valence-corrected chi connectivity index (χ2v) is 11.7. The highest BCUT2D eigenvalue weighted by atomic mass is 79.9. The SMILES string of the molecule is CCOC(=O)C(F)(F)Oc1c(Br)cc(-c2nccs2)c2oc(N3CC4CC(C3)N4C(=O)OC(C)(C)C)nc12. The van der Waals surface area contributed by atoms with Crippen LogP contribution in [0.5, 0.6) is 5.75 Å². The normalized spacial score (nSPS) is 19.3. The van der Waals surface area contributed by atoms with Crippen molar-refractivity contribution < 1.29 is 37.0 Å². The smallest absolute Gasteiger partial charge is 0.459 e. The number of benzene rings is 1. The van der Waals surface area contributed by atoms with E-state index >= 15 is 0 Å². The van der Waals surface area contributed by atoms with E-state index in [0.717, 1.165) is 6.42 Å². The number of amides is 1. The topological polar surface area (TPSA) is 107 Å². The summed E-state index contributed by atoms with van der Waals surface area (Å²) in [6.45, 7) is 7.47. The molecule has 2 unspecified atom stereocenters. The number of carbonyl (C=O) groups is 2. The number of hydrogen-bond acceptors (Lipinski definition) is 10. The van der Waals surface area contributed by atoms with E-state index in [1.807, 2.05) is 25.7 Å². The summed E-state index contributed by atoms with van der Waals surface area (Å²) in [5, 5.41) is 2.36. The van der Waals surface area contributed by atoms with Gasteiger partial charge in [0.2, 0.25) is 0 Å². The summed E-state index contributed by atoms with van der Waals surface area (Å²) in [5.41, 5.74) is 0.0792. The Kier molecular flexibility index (Phi) is 6.74. The minimum absolute atomic E-state index is 0.00760. The molecule has 2 aromatic heterocycles. The number of halogens is 3. The minimum atomic E-state index is -4.26. The fraction of sp³-hybridized carbons (Fsp3) is 0.500. The molecule has 0 N–H and O–H groups in total. The van der Waals surface area contributed by atoms with E-state index in [1.165, 1.54) is 24.3 Å². The number of nitrogens with zero attached hydrogens (tertiary/aromatic N) is 4. The third-order valence-corrected chi connectivity index (χ3v) is 7.43. The molecule has 6 rings (SSSR count). The van der Waals surface area contributed by atoms with Crippen LogP contribution in [0.2, 0.25) is 0 Å². The van der Waals surface area contributed by atoms with Gasteiger partial charge in [-0.3, -0.25) is 4.90 Å². The van der Waals surface area contributed by atoms with Crippen molar-refractivity contribution in [3.05, 3.63) is 22.1 Å². The van der Waals surface area contributed by atoms with Gasteiger partial charge in [-0.05, 0) is 56.1 Å². The number of piperazine rings is 1. The number of oxazole rings is 1. The molecule has 1 amide bonds. The lowest BCUT2D eigenvalue weighted by molar-refractivity contribution is -0.216. The van der Waals surface area contributed by atoms with Crippen molar-refractivity contribution in [2.75, 3.05) is 24.6 Å². The quantitative estimate of drug-likeness (QED) is 0.335. The molecule has 3 saturated heterocycles. The van der Waals surface area contributed by atoms with Crippen LogP contribution in [0, 0.1) is 0 Å². The monoisotopic (exact) mass is 614 g/mol. The van der Waals surface area contributed by atoms with Crippen LogP contribution < -0.4 is 9.64 Å². The largest absolute Gasteiger partial charge is 0.502 e. The van der Waals surface area contributed by atoms with E-state index in [0.29, 0.717) is 23.7 Å². The molecule has 10 nitrogen and oxygen atoms in total. The minimum Gasteiger partial charge on any atom is -0.459 e. The highest BCUT2D eigenvalue weighted by Gasteiger charge is 2.50. The molecular weight excluding hydrogens is 590 g/mol. The lowest BCUT2D eigenvalue weighted by Gasteiger charge is -2.55. The predicted molar refractivity (Wildman–Crippen MR) is 138 cm³/mol. The van der Waals surface area contributed by atoms with Crippen molar-refractivity contribution in [2.45, 2.75) is 57.9 Å². The Labute approximate surface area is 229 Å². The van der Waals surface area contributed by atoms with Gasteiger partial charge in [-0.15, -0.1) is 11.3 Å². The van der Waals surface area contributed by atoms with Gasteiger partial charge >= 0.3 is 18.2 Å². The lowest BCUT2D eigenvalue weighted by Crippen LogP contribution is -2.70. The molecule has 3 aromatic rings. The number of anilines is 1. The number of fused-ring (bicyclic) bond motifs is 3. The third-order valence-electron chi connectivity index (χ3n) is 6.04. The van der Waals surface area contributed by atoms with Gasteiger partial charge in [0.15, 0.2) is 16.8 Å². The van der Waals surface area contributed by atoms with Crippen LogP contribution in [0.25, 0.3) is 21.7 Å². The molecule has 0 aliphatic carbocycles. The first-order valence-electron chi connectivity index (χ1n) is 11.9. The molecule has 2 atom stereocenters. The molecule has 3 fully saturated rings. The van der Waals surface area contributed by atoms with Gasteiger partial charge in [0, 0.05) is 24.7 Å². The number of alkyl halides is 2. The number of hydrogen-bond donors (Lipinski definition) is 0. The van der Waals surface area contributed by atoms with Gasteiger partial charge in [0.05, 0.1) is 28.7 Å². The van der Waals surface area contributed by atoms with Crippen LogP contribution in [-0.2, 0) is 14.3 Å². The second kappa shape index (κ2) is 9.63. The summed E-state index contributed by atoms with van der Waals surface area (Å²) in [6, 6.07) is 1.50. The predicted octanol–water partition coefficient (Wildman–Crippen LogP) is 5.45. The summed E-state index contributed by atoms with van der Waals surface area (Å²) in [4.78, 5) is 36.8. The van der Waals surface area contributed by atoms with Gasteiger partial charge in [-0.25, -0.2) is 14.6 Å². The second-order valence-electron chi connectivity index (χ2n) is 9.92. The van der Waals surface area contributed by atoms with Gasteiger partial charge in [0.1, 0.15) is 10.6 Å². The standard InChI is InChI=1S/C24H25BrF2N4O6S/c1-5-34-20(32)24(26,27)36-18-15(25)9-14(19-28-6-7-38-19)17-16(18)29-21(35-17)30-10-12-8-13(11-30)31(12)22(33)37-23(2,3)4/h6-7,9,12-13H,5,8,10-11H2,1-4H3. The Bertz CT molecular complexity index is 1360. The van der Waals surface area contributed by atoms with Gasteiger partial charge in [-0.1, -0.05) is 0 Å². The Balaban J connectivity index is 1.49. The molecule has 0 radical (unpaired) electrons. The molecule has 38 heavy (non-hydrogen) atoms. The molecule has 0 spiro atoms. The molecule has 14 heteroatoms. The lowest BCUT2D eigenvalue weighted by atomic mass is 9.88. The maximum atomic E-state index is 14.6. The molecule has 5 heterocycles. The van der Waals surface area contributed by atoms with Crippen molar-refractivity contribution in [3.63, 3.8) is 0 Å². The molecule has 2 bridgehead atoms. The fourth-order valence-electron chi connectivity index (χ4n) is 4.53. The van der Waals surface area contributed by atoms with Crippen LogP contribution in [0.3, 0.4) is 0 Å². The van der Waals surface area contributed by atoms with E-state index in [4.69, 9.17) is 13.9 Å². The number of esters is 1. The number of rotatable bonds is 6. The first-order chi connectivity index (χ1) is 17.9. The van der Waals surface area contributed by atoms with Crippen molar-refractivity contribution in [1.29, 1.82) is 0 Å². The zero-order valence-corrected chi connectivity index (χ0v) is 23.4. The van der Waals surface area contributed by atoms with Crippen LogP contribution in [0.4, 0.5) is 19.6 Å². The van der Waals surface area contributed by atoms with Crippen LogP contribution in [-0.4, -0.2) is 70.4 Å². The van der Waals surface area contributed by atoms with Crippen LogP contribution in [0.15, 0.2) is 26.5 Å². The molecule has 0 saturated carbocycles. The summed E-state index contributed by atoms with van der Waals surface area (Å²) >= 11 is 4.61. The van der Waals surface area contributed by atoms with Crippen molar-refractivity contribution in [2.24, 2.45) is 0 Å². The maximum Gasteiger partial charge on any atom is 0.502 e. The number of carbonyl (C=O) groups excluding carboxylic acids is 2. The molecular formula is C24H25BrF2N4O6S. The molecule has 1 aromatic carbocycles. The number of aromatic nitrogens is 2. The highest BCUT2D eigenvalue weighted by molar-refractivity contribution is 9.10. The third kappa shape index (κ3) is 4.91. The summed E-state index contributed by atoms with van der Waals surface area (Å²) in [7, 11) is 0. The van der Waals surface area contributed by atoms with E-state index in [9.17, 15) is 18.4 Å². The number of ether oxygens (including phenoxy) is 3. The van der Waals surface area contributed by atoms with Crippen LogP contribution >= 0.6 is 27.3 Å². The summed E-state index contributed by atoms with van der Waals surface area (Å²) < 4.78 is 50.3. The number of thiazole rings is 1. The zero-order valence-electron chi connectivity index (χ0n) is 21.0. The average molecular weight is 615 g/mol. The summed E-state index contributed by atoms with van der Waals surface area (Å²) in [6.07, 6.45) is -2.21. The first kappa shape index (κ1) is 26.6. The average Bonchev–Trinajstić information content (AvgIpc) is 3.50. The van der Waals surface area contributed by atoms with Crippen molar-refractivity contribution in [3.8, 4) is 16.3 Å². The van der Waals surface area contributed by atoms with E-state index in [2.05, 4.69) is 30.6 Å². The van der Waals surface area contributed by atoms with Gasteiger partial charge in [-0.2, -0.15) is 13.8 Å². The van der Waals surface area contributed by atoms with E-state index in [1.54, 1.807) is 16.5 Å².